The van der Waals surface area contributed by atoms with Crippen molar-refractivity contribution in [1.29, 1.82) is 0 Å². The highest BCUT2D eigenvalue weighted by Crippen LogP contribution is 2.23. The first-order chi connectivity index (χ1) is 11.9. The van der Waals surface area contributed by atoms with Gasteiger partial charge in [0.15, 0.2) is 0 Å². The number of benzene rings is 1. The van der Waals surface area contributed by atoms with Crippen LogP contribution in [-0.2, 0) is 4.79 Å². The van der Waals surface area contributed by atoms with Crippen LogP contribution in [0, 0.1) is 5.92 Å². The number of nitrogens with one attached hydrogen (secondary N) is 1. The second-order valence-electron chi connectivity index (χ2n) is 6.79. The molecule has 1 heterocycles. The van der Waals surface area contributed by atoms with Crippen LogP contribution in [0.3, 0.4) is 0 Å². The largest absolute Gasteiger partial charge is 0.497 e. The fraction of sp³-hybridized carbons (Fsp3) is 0.579. The summed E-state index contributed by atoms with van der Waals surface area (Å²) in [7, 11) is 3.07. The van der Waals surface area contributed by atoms with Crippen LogP contribution in [0.1, 0.15) is 43.5 Å². The molecule has 1 fully saturated rings. The molecule has 2 amide bonds. The molecular weight excluding hydrogens is 320 g/mol. The molecule has 0 saturated carbocycles. The maximum Gasteiger partial charge on any atom is 0.252 e. The minimum atomic E-state index is -0.511. The zero-order chi connectivity index (χ0) is 18.4. The van der Waals surface area contributed by atoms with Gasteiger partial charge in [0.1, 0.15) is 17.5 Å². The predicted octanol–water partition coefficient (Wildman–Crippen LogP) is 2.47. The van der Waals surface area contributed by atoms with Crippen LogP contribution < -0.4 is 14.8 Å². The molecule has 1 N–H and O–H groups in total. The molecule has 0 radical (unpaired) electrons. The first-order valence-corrected chi connectivity index (χ1v) is 8.77. The number of rotatable bonds is 7. The molecule has 1 atom stereocenters. The van der Waals surface area contributed by atoms with Crippen molar-refractivity contribution in [1.82, 2.24) is 10.2 Å². The SMILES string of the molecule is COc1cc(OC)cc(C(=O)N[C@@H](CC(C)C)C(=O)N2CCCC2)c1. The first kappa shape index (κ1) is 19.1. The summed E-state index contributed by atoms with van der Waals surface area (Å²) in [4.78, 5) is 27.3. The van der Waals surface area contributed by atoms with E-state index in [1.165, 1.54) is 14.2 Å². The number of carbonyl (C=O) groups excluding carboxylic acids is 2. The topological polar surface area (TPSA) is 67.9 Å². The molecule has 1 aliphatic heterocycles. The van der Waals surface area contributed by atoms with Crippen molar-refractivity contribution in [2.45, 2.75) is 39.2 Å². The van der Waals surface area contributed by atoms with E-state index in [0.29, 0.717) is 29.4 Å². The molecule has 0 bridgehead atoms. The molecule has 6 heteroatoms. The van der Waals surface area contributed by atoms with E-state index >= 15 is 0 Å². The van der Waals surface area contributed by atoms with Gasteiger partial charge in [0.25, 0.3) is 5.91 Å². The number of amides is 2. The van der Waals surface area contributed by atoms with E-state index in [9.17, 15) is 9.59 Å². The summed E-state index contributed by atoms with van der Waals surface area (Å²) in [6.45, 7) is 5.64. The van der Waals surface area contributed by atoms with Gasteiger partial charge in [-0.15, -0.1) is 0 Å². The second kappa shape index (κ2) is 8.74. The van der Waals surface area contributed by atoms with Crippen molar-refractivity contribution >= 4 is 11.8 Å². The molecule has 0 aromatic heterocycles. The summed E-state index contributed by atoms with van der Waals surface area (Å²) in [5.41, 5.74) is 0.416. The highest BCUT2D eigenvalue weighted by Gasteiger charge is 2.28. The Labute approximate surface area is 149 Å². The van der Waals surface area contributed by atoms with E-state index in [2.05, 4.69) is 5.32 Å². The van der Waals surface area contributed by atoms with Crippen molar-refractivity contribution in [2.24, 2.45) is 5.92 Å². The zero-order valence-corrected chi connectivity index (χ0v) is 15.5. The maximum absolute atomic E-state index is 12.8. The number of hydrogen-bond acceptors (Lipinski definition) is 4. The van der Waals surface area contributed by atoms with Crippen molar-refractivity contribution in [3.63, 3.8) is 0 Å². The molecule has 6 nitrogen and oxygen atoms in total. The summed E-state index contributed by atoms with van der Waals surface area (Å²) in [5.74, 6) is 1.09. The van der Waals surface area contributed by atoms with E-state index in [-0.39, 0.29) is 11.8 Å². The number of hydrogen-bond donors (Lipinski definition) is 1. The normalized spacial score (nSPS) is 15.2. The minimum Gasteiger partial charge on any atom is -0.497 e. The van der Waals surface area contributed by atoms with Crippen LogP contribution in [0.5, 0.6) is 11.5 Å². The van der Waals surface area contributed by atoms with Crippen LogP contribution >= 0.6 is 0 Å². The van der Waals surface area contributed by atoms with Crippen LogP contribution in [0.25, 0.3) is 0 Å². The molecule has 0 aliphatic carbocycles. The first-order valence-electron chi connectivity index (χ1n) is 8.77. The standard InChI is InChI=1S/C19H28N2O4/c1-13(2)9-17(19(23)21-7-5-6-8-21)20-18(22)14-10-15(24-3)12-16(11-14)25-4/h10-13,17H,5-9H2,1-4H3,(H,20,22)/t17-/m0/s1. The monoisotopic (exact) mass is 348 g/mol. The Morgan fingerprint density at radius 3 is 2.12 bits per heavy atom. The Hall–Kier alpha value is -2.24. The Balaban J connectivity index is 2.16. The highest BCUT2D eigenvalue weighted by molar-refractivity contribution is 5.98. The third-order valence-corrected chi connectivity index (χ3v) is 4.34. The van der Waals surface area contributed by atoms with Crippen molar-refractivity contribution in [2.75, 3.05) is 27.3 Å². The van der Waals surface area contributed by atoms with Crippen molar-refractivity contribution in [3.8, 4) is 11.5 Å². The van der Waals surface area contributed by atoms with Gasteiger partial charge in [0.2, 0.25) is 5.91 Å². The molecule has 138 valence electrons. The summed E-state index contributed by atoms with van der Waals surface area (Å²) in [5, 5.41) is 2.90. The molecule has 25 heavy (non-hydrogen) atoms. The number of likely N-dealkylation sites (tertiary alicyclic amines) is 1. The van der Waals surface area contributed by atoms with E-state index in [0.717, 1.165) is 25.9 Å². The van der Waals surface area contributed by atoms with Crippen LogP contribution in [0.2, 0.25) is 0 Å². The minimum absolute atomic E-state index is 0.00871. The smallest absolute Gasteiger partial charge is 0.252 e. The Morgan fingerprint density at radius 1 is 1.08 bits per heavy atom. The van der Waals surface area contributed by atoms with E-state index in [1.54, 1.807) is 18.2 Å². The third kappa shape index (κ3) is 5.11. The number of ether oxygens (including phenoxy) is 2. The lowest BCUT2D eigenvalue weighted by Crippen LogP contribution is -2.48. The maximum atomic E-state index is 12.8. The third-order valence-electron chi connectivity index (χ3n) is 4.34. The molecule has 0 unspecified atom stereocenters. The average Bonchev–Trinajstić information content (AvgIpc) is 3.14. The summed E-state index contributed by atoms with van der Waals surface area (Å²) >= 11 is 0. The van der Waals surface area contributed by atoms with Crippen LogP contribution in [0.15, 0.2) is 18.2 Å². The lowest BCUT2D eigenvalue weighted by molar-refractivity contribution is -0.132. The van der Waals surface area contributed by atoms with Gasteiger partial charge >= 0.3 is 0 Å². The Kier molecular flexibility index (Phi) is 6.67. The molecule has 1 aromatic rings. The zero-order valence-electron chi connectivity index (χ0n) is 15.5. The Morgan fingerprint density at radius 2 is 1.64 bits per heavy atom. The Bertz CT molecular complexity index is 587. The molecule has 0 spiro atoms. The number of nitrogens with zero attached hydrogens (tertiary/aromatic N) is 1. The summed E-state index contributed by atoms with van der Waals surface area (Å²) in [6, 6.07) is 4.48. The summed E-state index contributed by atoms with van der Waals surface area (Å²) in [6.07, 6.45) is 2.67. The van der Waals surface area contributed by atoms with Crippen LogP contribution in [0.4, 0.5) is 0 Å². The lowest BCUT2D eigenvalue weighted by Gasteiger charge is -2.25. The van der Waals surface area contributed by atoms with Gasteiger partial charge in [-0.2, -0.15) is 0 Å². The van der Waals surface area contributed by atoms with Gasteiger partial charge in [0, 0.05) is 24.7 Å². The van der Waals surface area contributed by atoms with E-state index in [1.807, 2.05) is 18.7 Å². The van der Waals surface area contributed by atoms with Gasteiger partial charge < -0.3 is 19.7 Å². The van der Waals surface area contributed by atoms with E-state index in [4.69, 9.17) is 9.47 Å². The van der Waals surface area contributed by atoms with E-state index < -0.39 is 6.04 Å². The summed E-state index contributed by atoms with van der Waals surface area (Å²) < 4.78 is 10.4. The fourth-order valence-electron chi connectivity index (χ4n) is 3.03. The second-order valence-corrected chi connectivity index (χ2v) is 6.79. The highest BCUT2D eigenvalue weighted by atomic mass is 16.5. The molecule has 1 aliphatic rings. The number of methoxy groups -OCH3 is 2. The van der Waals surface area contributed by atoms with Crippen LogP contribution in [-0.4, -0.2) is 50.1 Å². The molecule has 1 aromatic carbocycles. The van der Waals surface area contributed by atoms with Gasteiger partial charge in [-0.25, -0.2) is 0 Å². The van der Waals surface area contributed by atoms with Gasteiger partial charge in [0.05, 0.1) is 14.2 Å². The number of carbonyl (C=O) groups is 2. The predicted molar refractivity (Wildman–Crippen MR) is 96.1 cm³/mol. The van der Waals surface area contributed by atoms with Crippen molar-refractivity contribution in [3.05, 3.63) is 23.8 Å². The van der Waals surface area contributed by atoms with Gasteiger partial charge in [-0.05, 0) is 37.3 Å². The average molecular weight is 348 g/mol. The van der Waals surface area contributed by atoms with Gasteiger partial charge in [-0.1, -0.05) is 13.8 Å². The lowest BCUT2D eigenvalue weighted by atomic mass is 10.0. The molecule has 1 saturated heterocycles. The van der Waals surface area contributed by atoms with Crippen molar-refractivity contribution < 1.29 is 19.1 Å². The van der Waals surface area contributed by atoms with Gasteiger partial charge in [-0.3, -0.25) is 9.59 Å². The fourth-order valence-corrected chi connectivity index (χ4v) is 3.03. The molecular formula is C19H28N2O4. The quantitative estimate of drug-likeness (QED) is 0.822. The molecule has 2 rings (SSSR count).